The SMILES string of the molecule is CC1CN(S(=O)(=O)c2[nH]ncc2CCl)CC(C)(C)O1. The lowest BCUT2D eigenvalue weighted by molar-refractivity contribution is -0.109. The van der Waals surface area contributed by atoms with Crippen molar-refractivity contribution in [2.75, 3.05) is 13.1 Å². The lowest BCUT2D eigenvalue weighted by atomic mass is 10.1. The first kappa shape index (κ1) is 14.8. The van der Waals surface area contributed by atoms with Crippen molar-refractivity contribution in [3.05, 3.63) is 11.8 Å². The van der Waals surface area contributed by atoms with Crippen LogP contribution in [0.4, 0.5) is 0 Å². The van der Waals surface area contributed by atoms with Crippen LogP contribution in [0.5, 0.6) is 0 Å². The van der Waals surface area contributed by atoms with E-state index >= 15 is 0 Å². The molecule has 1 unspecified atom stereocenters. The molecule has 1 aromatic rings. The van der Waals surface area contributed by atoms with E-state index in [1.54, 1.807) is 0 Å². The third-order valence-corrected chi connectivity index (χ3v) is 5.07. The van der Waals surface area contributed by atoms with Gasteiger partial charge in [0.25, 0.3) is 10.0 Å². The summed E-state index contributed by atoms with van der Waals surface area (Å²) < 4.78 is 32.3. The van der Waals surface area contributed by atoms with Gasteiger partial charge in [0.15, 0.2) is 5.03 Å². The Bertz CT molecular complexity index is 555. The first-order valence-corrected chi connectivity index (χ1v) is 8.00. The molecule has 2 heterocycles. The van der Waals surface area contributed by atoms with E-state index in [0.717, 1.165) is 0 Å². The summed E-state index contributed by atoms with van der Waals surface area (Å²) in [5, 5.41) is 6.37. The molecule has 0 saturated carbocycles. The minimum absolute atomic E-state index is 0.0763. The van der Waals surface area contributed by atoms with Crippen LogP contribution in [-0.2, 0) is 20.6 Å². The van der Waals surface area contributed by atoms with Gasteiger partial charge >= 0.3 is 0 Å². The van der Waals surface area contributed by atoms with Gasteiger partial charge in [0.05, 0.1) is 23.8 Å². The van der Waals surface area contributed by atoms with Crippen LogP contribution in [-0.4, -0.2) is 47.7 Å². The highest BCUT2D eigenvalue weighted by molar-refractivity contribution is 7.89. The molecule has 1 N–H and O–H groups in total. The Morgan fingerprint density at radius 2 is 2.32 bits per heavy atom. The van der Waals surface area contributed by atoms with Gasteiger partial charge in [-0.3, -0.25) is 5.10 Å². The highest BCUT2D eigenvalue weighted by Gasteiger charge is 2.39. The Kier molecular flexibility index (Phi) is 3.92. The number of H-pyrrole nitrogens is 1. The van der Waals surface area contributed by atoms with E-state index in [0.29, 0.717) is 18.7 Å². The van der Waals surface area contributed by atoms with Gasteiger partial charge in [-0.05, 0) is 20.8 Å². The molecule has 108 valence electrons. The molecule has 0 aromatic carbocycles. The van der Waals surface area contributed by atoms with Crippen LogP contribution in [0.15, 0.2) is 11.2 Å². The summed E-state index contributed by atoms with van der Waals surface area (Å²) in [6.07, 6.45) is 1.29. The molecular formula is C11H18ClN3O3S. The molecule has 1 aromatic heterocycles. The molecule has 0 amide bonds. The number of nitrogens with one attached hydrogen (secondary N) is 1. The second-order valence-electron chi connectivity index (χ2n) is 5.34. The highest BCUT2D eigenvalue weighted by atomic mass is 35.5. The van der Waals surface area contributed by atoms with E-state index in [1.807, 2.05) is 20.8 Å². The summed E-state index contributed by atoms with van der Waals surface area (Å²) >= 11 is 5.74. The molecule has 0 radical (unpaired) electrons. The largest absolute Gasteiger partial charge is 0.370 e. The van der Waals surface area contributed by atoms with Gasteiger partial charge in [-0.2, -0.15) is 9.40 Å². The van der Waals surface area contributed by atoms with E-state index in [-0.39, 0.29) is 17.0 Å². The van der Waals surface area contributed by atoms with Crippen LogP contribution in [0.2, 0.25) is 0 Å². The molecule has 1 atom stereocenters. The highest BCUT2D eigenvalue weighted by Crippen LogP contribution is 2.27. The minimum Gasteiger partial charge on any atom is -0.370 e. The average molecular weight is 308 g/mol. The predicted octanol–water partition coefficient (Wildman–Crippen LogP) is 1.34. The zero-order valence-electron chi connectivity index (χ0n) is 11.2. The molecule has 8 heteroatoms. The Labute approximate surface area is 118 Å². The Morgan fingerprint density at radius 1 is 1.63 bits per heavy atom. The maximum absolute atomic E-state index is 12.6. The van der Waals surface area contributed by atoms with E-state index in [1.165, 1.54) is 10.5 Å². The number of nitrogens with zero attached hydrogens (tertiary/aromatic N) is 2. The first-order valence-electron chi connectivity index (χ1n) is 6.02. The second kappa shape index (κ2) is 5.05. The number of alkyl halides is 1. The lowest BCUT2D eigenvalue weighted by Gasteiger charge is -2.40. The van der Waals surface area contributed by atoms with Gasteiger partial charge in [-0.25, -0.2) is 8.42 Å². The Morgan fingerprint density at radius 3 is 2.89 bits per heavy atom. The maximum atomic E-state index is 12.6. The topological polar surface area (TPSA) is 75.3 Å². The van der Waals surface area contributed by atoms with Crippen LogP contribution in [0.1, 0.15) is 26.3 Å². The molecular weight excluding hydrogens is 290 g/mol. The maximum Gasteiger partial charge on any atom is 0.260 e. The number of morpholine rings is 1. The molecule has 1 aliphatic rings. The number of ether oxygens (including phenoxy) is 1. The summed E-state index contributed by atoms with van der Waals surface area (Å²) in [4.78, 5) is 0. The van der Waals surface area contributed by atoms with Crippen molar-refractivity contribution in [1.82, 2.24) is 14.5 Å². The van der Waals surface area contributed by atoms with E-state index in [9.17, 15) is 8.42 Å². The molecule has 0 spiro atoms. The van der Waals surface area contributed by atoms with Crippen molar-refractivity contribution in [3.8, 4) is 0 Å². The number of hydrogen-bond donors (Lipinski definition) is 1. The Hall–Kier alpha value is -0.630. The van der Waals surface area contributed by atoms with Crippen molar-refractivity contribution in [1.29, 1.82) is 0 Å². The van der Waals surface area contributed by atoms with Crippen molar-refractivity contribution in [2.45, 2.75) is 43.4 Å². The van der Waals surface area contributed by atoms with Crippen molar-refractivity contribution in [2.24, 2.45) is 0 Å². The zero-order chi connectivity index (χ0) is 14.3. The summed E-state index contributed by atoms with van der Waals surface area (Å²) in [6, 6.07) is 0. The fraction of sp³-hybridized carbons (Fsp3) is 0.727. The van der Waals surface area contributed by atoms with Crippen LogP contribution in [0, 0.1) is 0 Å². The second-order valence-corrected chi connectivity index (χ2v) is 7.49. The smallest absolute Gasteiger partial charge is 0.260 e. The van der Waals surface area contributed by atoms with Crippen LogP contribution < -0.4 is 0 Å². The van der Waals surface area contributed by atoms with Gasteiger partial charge in [-0.15, -0.1) is 11.6 Å². The zero-order valence-corrected chi connectivity index (χ0v) is 12.8. The molecule has 0 bridgehead atoms. The molecule has 1 aliphatic heterocycles. The predicted molar refractivity (Wildman–Crippen MR) is 71.5 cm³/mol. The van der Waals surface area contributed by atoms with Crippen molar-refractivity contribution < 1.29 is 13.2 Å². The summed E-state index contributed by atoms with van der Waals surface area (Å²) in [5.74, 6) is 0.106. The Balaban J connectivity index is 2.34. The first-order chi connectivity index (χ1) is 8.76. The fourth-order valence-corrected chi connectivity index (χ4v) is 4.38. The number of halogens is 1. The van der Waals surface area contributed by atoms with Gasteiger partial charge in [0.2, 0.25) is 0 Å². The molecule has 6 nitrogen and oxygen atoms in total. The van der Waals surface area contributed by atoms with Gasteiger partial charge in [0, 0.05) is 18.7 Å². The van der Waals surface area contributed by atoms with Crippen LogP contribution in [0.25, 0.3) is 0 Å². The average Bonchev–Trinajstić information content (AvgIpc) is 2.74. The van der Waals surface area contributed by atoms with Gasteiger partial charge < -0.3 is 4.74 Å². The van der Waals surface area contributed by atoms with E-state index in [2.05, 4.69) is 10.2 Å². The third kappa shape index (κ3) is 2.94. The molecule has 1 fully saturated rings. The number of aromatic nitrogens is 2. The number of hydrogen-bond acceptors (Lipinski definition) is 4. The standard InChI is InChI=1S/C11H18ClN3O3S/c1-8-6-15(7-11(2,3)18-8)19(16,17)10-9(4-12)5-13-14-10/h5,8H,4,6-7H2,1-3H3,(H,13,14). The van der Waals surface area contributed by atoms with E-state index < -0.39 is 15.6 Å². The van der Waals surface area contributed by atoms with Crippen LogP contribution >= 0.6 is 11.6 Å². The van der Waals surface area contributed by atoms with Gasteiger partial charge in [0.1, 0.15) is 0 Å². The molecule has 19 heavy (non-hydrogen) atoms. The molecule has 2 rings (SSSR count). The quantitative estimate of drug-likeness (QED) is 0.855. The third-order valence-electron chi connectivity index (χ3n) is 2.96. The summed E-state index contributed by atoms with van der Waals surface area (Å²) in [7, 11) is -3.61. The normalized spacial score (nSPS) is 24.5. The summed E-state index contributed by atoms with van der Waals surface area (Å²) in [6.45, 7) is 6.24. The molecule has 1 saturated heterocycles. The monoisotopic (exact) mass is 307 g/mol. The lowest BCUT2D eigenvalue weighted by Crippen LogP contribution is -2.53. The number of sulfonamides is 1. The summed E-state index contributed by atoms with van der Waals surface area (Å²) in [5.41, 5.74) is -0.0232. The van der Waals surface area contributed by atoms with Crippen molar-refractivity contribution in [3.63, 3.8) is 0 Å². The van der Waals surface area contributed by atoms with Crippen molar-refractivity contribution >= 4 is 21.6 Å². The van der Waals surface area contributed by atoms with Gasteiger partial charge in [-0.1, -0.05) is 0 Å². The van der Waals surface area contributed by atoms with E-state index in [4.69, 9.17) is 16.3 Å². The number of rotatable bonds is 3. The number of aromatic amines is 1. The fourth-order valence-electron chi connectivity index (χ4n) is 2.33. The minimum atomic E-state index is -3.61. The van der Waals surface area contributed by atoms with Crippen LogP contribution in [0.3, 0.4) is 0 Å². The molecule has 0 aliphatic carbocycles.